The monoisotopic (exact) mass is 659 g/mol. The van der Waals surface area contributed by atoms with E-state index in [0.717, 1.165) is 22.6 Å². The molecule has 0 spiro atoms. The number of aromatic nitrogens is 3. The second-order valence-electron chi connectivity index (χ2n) is 11.2. The van der Waals surface area contributed by atoms with Crippen LogP contribution in [0.5, 0.6) is 11.5 Å². The van der Waals surface area contributed by atoms with E-state index in [1.807, 2.05) is 19.1 Å². The summed E-state index contributed by atoms with van der Waals surface area (Å²) in [4.78, 5) is 44.9. The zero-order valence-corrected chi connectivity index (χ0v) is 25.6. The molecule has 0 radical (unpaired) electrons. The molecule has 3 amide bonds. The second kappa shape index (κ2) is 12.2. The first kappa shape index (κ1) is 31.1. The highest BCUT2D eigenvalue weighted by atomic mass is 19.4. The number of hydrogen-bond donors (Lipinski definition) is 1. The van der Waals surface area contributed by atoms with Gasteiger partial charge in [-0.15, -0.1) is 5.10 Å². The van der Waals surface area contributed by atoms with Gasteiger partial charge in [0.15, 0.2) is 5.82 Å². The van der Waals surface area contributed by atoms with Crippen molar-refractivity contribution in [2.24, 2.45) is 0 Å². The molecule has 2 heterocycles. The van der Waals surface area contributed by atoms with Crippen LogP contribution in [0.2, 0.25) is 0 Å². The highest BCUT2D eigenvalue weighted by molar-refractivity contribution is 6.34. The Kier molecular flexibility index (Phi) is 7.75. The van der Waals surface area contributed by atoms with Crippen molar-refractivity contribution < 1.29 is 32.3 Å². The van der Waals surface area contributed by atoms with Gasteiger partial charge in [-0.2, -0.15) is 13.2 Å². The van der Waals surface area contributed by atoms with Crippen LogP contribution >= 0.6 is 0 Å². The van der Waals surface area contributed by atoms with E-state index in [2.05, 4.69) is 15.4 Å². The maximum atomic E-state index is 13.5. The molecule has 242 valence electrons. The van der Waals surface area contributed by atoms with Crippen LogP contribution < -0.4 is 15.0 Å². The SMILES string of the molecule is Cc1ccc(N2C(=O)c3ccc(Oc4ccc(NC(=O)c5nc(-c6ccccc6)n(-c6cccc(C(F)(F)F)c6)n5)cc4)cc3C2=O)cc1. The third-order valence-corrected chi connectivity index (χ3v) is 7.76. The summed E-state index contributed by atoms with van der Waals surface area (Å²) in [5.74, 6) is -0.897. The number of halogens is 3. The third kappa shape index (κ3) is 6.14. The molecule has 9 nitrogen and oxygen atoms in total. The van der Waals surface area contributed by atoms with Crippen LogP contribution in [0.15, 0.2) is 121 Å². The summed E-state index contributed by atoms with van der Waals surface area (Å²) in [6.07, 6.45) is -4.57. The minimum absolute atomic E-state index is 0.0854. The Morgan fingerprint density at radius 2 is 1.43 bits per heavy atom. The Hall–Kier alpha value is -6.56. The molecule has 49 heavy (non-hydrogen) atoms. The fourth-order valence-corrected chi connectivity index (χ4v) is 5.32. The van der Waals surface area contributed by atoms with E-state index < -0.39 is 29.5 Å². The van der Waals surface area contributed by atoms with Gasteiger partial charge in [0.1, 0.15) is 11.5 Å². The highest BCUT2D eigenvalue weighted by Crippen LogP contribution is 2.34. The number of alkyl halides is 3. The smallest absolute Gasteiger partial charge is 0.416 e. The van der Waals surface area contributed by atoms with Gasteiger partial charge >= 0.3 is 6.18 Å². The van der Waals surface area contributed by atoms with Crippen molar-refractivity contribution in [3.8, 4) is 28.6 Å². The number of carbonyl (C=O) groups excluding carboxylic acids is 3. The van der Waals surface area contributed by atoms with Gasteiger partial charge < -0.3 is 10.1 Å². The first-order valence-electron chi connectivity index (χ1n) is 14.9. The molecule has 1 N–H and O–H groups in total. The summed E-state index contributed by atoms with van der Waals surface area (Å²) in [5.41, 5.74) is 2.12. The first-order valence-corrected chi connectivity index (χ1v) is 14.9. The standard InChI is InChI=1S/C37H24F3N5O4/c1-22-10-14-26(15-11-22)44-35(47)30-19-18-29(21-31(30)36(44)48)49-28-16-12-25(13-17-28)41-34(46)32-42-33(23-6-3-2-4-7-23)45(43-32)27-9-5-8-24(20-27)37(38,39)40/h2-21H,1H3,(H,41,46). The Bertz CT molecular complexity index is 2230. The summed E-state index contributed by atoms with van der Waals surface area (Å²) < 4.78 is 47.5. The minimum Gasteiger partial charge on any atom is -0.457 e. The van der Waals surface area contributed by atoms with Crippen molar-refractivity contribution in [3.63, 3.8) is 0 Å². The molecule has 1 aliphatic heterocycles. The van der Waals surface area contributed by atoms with Crippen LogP contribution in [0, 0.1) is 6.92 Å². The molecule has 12 heteroatoms. The lowest BCUT2D eigenvalue weighted by Crippen LogP contribution is -2.29. The van der Waals surface area contributed by atoms with Gasteiger partial charge in [-0.25, -0.2) is 14.6 Å². The van der Waals surface area contributed by atoms with E-state index in [4.69, 9.17) is 4.74 Å². The molecule has 1 aliphatic rings. The Morgan fingerprint density at radius 3 is 2.14 bits per heavy atom. The number of rotatable bonds is 7. The molecule has 0 saturated heterocycles. The van der Waals surface area contributed by atoms with E-state index in [-0.39, 0.29) is 28.5 Å². The molecule has 0 fully saturated rings. The third-order valence-electron chi connectivity index (χ3n) is 7.76. The van der Waals surface area contributed by atoms with Crippen LogP contribution in [0.25, 0.3) is 17.1 Å². The fourth-order valence-electron chi connectivity index (χ4n) is 5.32. The number of aryl methyl sites for hydroxylation is 1. The number of fused-ring (bicyclic) bond motifs is 1. The fraction of sp³-hybridized carbons (Fsp3) is 0.0541. The lowest BCUT2D eigenvalue weighted by atomic mass is 10.1. The van der Waals surface area contributed by atoms with Gasteiger partial charge in [-0.1, -0.05) is 54.1 Å². The summed E-state index contributed by atoms with van der Waals surface area (Å²) in [5, 5.41) is 6.96. The minimum atomic E-state index is -4.57. The summed E-state index contributed by atoms with van der Waals surface area (Å²) in [6.45, 7) is 1.91. The number of nitrogens with zero attached hydrogens (tertiary/aromatic N) is 4. The number of anilines is 2. The molecule has 0 saturated carbocycles. The van der Waals surface area contributed by atoms with Crippen molar-refractivity contribution >= 4 is 29.1 Å². The zero-order valence-electron chi connectivity index (χ0n) is 25.6. The summed E-state index contributed by atoms with van der Waals surface area (Å²) >= 11 is 0. The second-order valence-corrected chi connectivity index (χ2v) is 11.2. The molecular formula is C37H24F3N5O4. The van der Waals surface area contributed by atoms with Crippen LogP contribution in [-0.4, -0.2) is 32.5 Å². The molecule has 0 aliphatic carbocycles. The molecule has 6 aromatic rings. The summed E-state index contributed by atoms with van der Waals surface area (Å²) in [6, 6.07) is 31.4. The van der Waals surface area contributed by atoms with Crippen LogP contribution in [0.4, 0.5) is 24.5 Å². The quantitative estimate of drug-likeness (QED) is 0.174. The van der Waals surface area contributed by atoms with Crippen LogP contribution in [0.1, 0.15) is 42.5 Å². The number of benzene rings is 5. The largest absolute Gasteiger partial charge is 0.457 e. The topological polar surface area (TPSA) is 106 Å². The molecular weight excluding hydrogens is 635 g/mol. The van der Waals surface area contributed by atoms with Crippen molar-refractivity contribution in [2.75, 3.05) is 10.2 Å². The van der Waals surface area contributed by atoms with E-state index in [1.54, 1.807) is 78.9 Å². The number of carbonyl (C=O) groups is 3. The normalized spacial score (nSPS) is 12.6. The molecule has 5 aromatic carbocycles. The molecule has 0 bridgehead atoms. The average molecular weight is 660 g/mol. The van der Waals surface area contributed by atoms with Gasteiger partial charge in [-0.3, -0.25) is 14.4 Å². The molecule has 7 rings (SSSR count). The van der Waals surface area contributed by atoms with Gasteiger partial charge in [0.05, 0.1) is 28.1 Å². The molecule has 0 atom stereocenters. The average Bonchev–Trinajstić information content (AvgIpc) is 3.65. The van der Waals surface area contributed by atoms with Gasteiger partial charge in [0.25, 0.3) is 17.7 Å². The predicted octanol–water partition coefficient (Wildman–Crippen LogP) is 8.11. The van der Waals surface area contributed by atoms with Crippen molar-refractivity contribution in [2.45, 2.75) is 13.1 Å². The maximum absolute atomic E-state index is 13.5. The summed E-state index contributed by atoms with van der Waals surface area (Å²) in [7, 11) is 0. The number of nitrogens with one attached hydrogen (secondary N) is 1. The van der Waals surface area contributed by atoms with E-state index in [0.29, 0.717) is 28.4 Å². The van der Waals surface area contributed by atoms with E-state index in [9.17, 15) is 27.6 Å². The Morgan fingerprint density at radius 1 is 0.735 bits per heavy atom. The number of ether oxygens (including phenoxy) is 1. The first-order chi connectivity index (χ1) is 23.5. The van der Waals surface area contributed by atoms with E-state index >= 15 is 0 Å². The zero-order chi connectivity index (χ0) is 34.3. The van der Waals surface area contributed by atoms with Crippen molar-refractivity contribution in [1.82, 2.24) is 14.8 Å². The number of hydrogen-bond acceptors (Lipinski definition) is 6. The predicted molar refractivity (Wildman–Crippen MR) is 175 cm³/mol. The van der Waals surface area contributed by atoms with E-state index in [1.165, 1.54) is 22.9 Å². The van der Waals surface area contributed by atoms with Gasteiger partial charge in [-0.05, 0) is 79.7 Å². The lowest BCUT2D eigenvalue weighted by molar-refractivity contribution is -0.137. The molecule has 1 aromatic heterocycles. The lowest BCUT2D eigenvalue weighted by Gasteiger charge is -2.13. The van der Waals surface area contributed by atoms with Crippen molar-refractivity contribution in [1.29, 1.82) is 0 Å². The van der Waals surface area contributed by atoms with Gasteiger partial charge in [0.2, 0.25) is 5.82 Å². The highest BCUT2D eigenvalue weighted by Gasteiger charge is 2.37. The van der Waals surface area contributed by atoms with Crippen LogP contribution in [0.3, 0.4) is 0 Å². The maximum Gasteiger partial charge on any atom is 0.416 e. The van der Waals surface area contributed by atoms with Crippen molar-refractivity contribution in [3.05, 3.63) is 149 Å². The van der Waals surface area contributed by atoms with Gasteiger partial charge in [0, 0.05) is 11.3 Å². The Labute approximate surface area is 277 Å². The Balaban J connectivity index is 1.08. The molecule has 0 unspecified atom stereocenters. The number of imide groups is 1. The van der Waals surface area contributed by atoms with Crippen LogP contribution in [-0.2, 0) is 6.18 Å². The number of amides is 3.